The number of nitrogens with two attached hydrogens (primary N) is 1. The third-order valence-corrected chi connectivity index (χ3v) is 6.12. The molecule has 8 heteroatoms. The summed E-state index contributed by atoms with van der Waals surface area (Å²) < 4.78 is 0. The summed E-state index contributed by atoms with van der Waals surface area (Å²) in [6, 6.07) is 3.82. The van der Waals surface area contributed by atoms with Crippen LogP contribution in [0.1, 0.15) is 31.2 Å². The quantitative estimate of drug-likeness (QED) is 0.686. The minimum Gasteiger partial charge on any atom is -0.368 e. The number of anilines is 1. The Morgan fingerprint density at radius 2 is 2.03 bits per heavy atom. The first-order valence-corrected chi connectivity index (χ1v) is 10.7. The maximum atomic E-state index is 12.8. The van der Waals surface area contributed by atoms with Crippen LogP contribution in [-0.2, 0) is 17.8 Å². The van der Waals surface area contributed by atoms with Crippen LogP contribution in [0, 0.1) is 5.41 Å². The zero-order valence-corrected chi connectivity index (χ0v) is 17.8. The number of aromatic nitrogens is 3. The van der Waals surface area contributed by atoms with Gasteiger partial charge in [0, 0.05) is 47.9 Å². The Morgan fingerprint density at radius 1 is 1.28 bits per heavy atom. The molecule has 0 saturated heterocycles. The number of carbonyl (C=O) groups is 1. The van der Waals surface area contributed by atoms with Gasteiger partial charge in [0.25, 0.3) is 0 Å². The van der Waals surface area contributed by atoms with Crippen molar-refractivity contribution < 1.29 is 4.79 Å². The predicted octanol–water partition coefficient (Wildman–Crippen LogP) is 3.05. The maximum absolute atomic E-state index is 12.8. The summed E-state index contributed by atoms with van der Waals surface area (Å²) in [6.45, 7) is 8.42. The third kappa shape index (κ3) is 3.82. The molecule has 3 aromatic heterocycles. The summed E-state index contributed by atoms with van der Waals surface area (Å²) in [5, 5.41) is 4.44. The smallest absolute Gasteiger partial charge is 0.228 e. The zero-order chi connectivity index (χ0) is 20.6. The molecular formula is C21H26N6OS. The molecule has 0 aliphatic carbocycles. The Kier molecular flexibility index (Phi) is 5.23. The van der Waals surface area contributed by atoms with E-state index in [4.69, 9.17) is 15.7 Å². The van der Waals surface area contributed by atoms with Gasteiger partial charge in [-0.1, -0.05) is 20.8 Å². The summed E-state index contributed by atoms with van der Waals surface area (Å²) in [7, 11) is 0. The van der Waals surface area contributed by atoms with Crippen molar-refractivity contribution in [3.8, 4) is 11.4 Å². The Hall–Kier alpha value is -2.58. The first kappa shape index (κ1) is 19.7. The fourth-order valence-corrected chi connectivity index (χ4v) is 4.83. The normalized spacial score (nSPS) is 14.1. The second kappa shape index (κ2) is 7.68. The number of hydrogen-bond acceptors (Lipinski definition) is 7. The van der Waals surface area contributed by atoms with Gasteiger partial charge in [0.05, 0.1) is 11.9 Å². The number of nitrogens with zero attached hydrogens (tertiary/aromatic N) is 4. The molecule has 0 spiro atoms. The Bertz CT molecular complexity index is 1040. The van der Waals surface area contributed by atoms with E-state index in [9.17, 15) is 4.79 Å². The first-order chi connectivity index (χ1) is 13.9. The molecule has 3 aromatic rings. The van der Waals surface area contributed by atoms with Gasteiger partial charge >= 0.3 is 0 Å². The molecule has 152 valence electrons. The third-order valence-electron chi connectivity index (χ3n) is 5.00. The van der Waals surface area contributed by atoms with Crippen molar-refractivity contribution in [1.82, 2.24) is 19.9 Å². The lowest BCUT2D eigenvalue weighted by molar-refractivity contribution is -0.140. The highest BCUT2D eigenvalue weighted by Gasteiger charge is 2.32. The molecule has 0 aromatic carbocycles. The molecule has 29 heavy (non-hydrogen) atoms. The van der Waals surface area contributed by atoms with Gasteiger partial charge in [-0.25, -0.2) is 9.97 Å². The van der Waals surface area contributed by atoms with Crippen LogP contribution < -0.4 is 11.1 Å². The number of fused-ring (bicyclic) bond motifs is 3. The minimum atomic E-state index is -0.379. The van der Waals surface area contributed by atoms with Gasteiger partial charge in [-0.2, -0.15) is 0 Å². The van der Waals surface area contributed by atoms with Crippen molar-refractivity contribution in [1.29, 1.82) is 0 Å². The van der Waals surface area contributed by atoms with E-state index in [0.717, 1.165) is 34.6 Å². The monoisotopic (exact) mass is 410 g/mol. The van der Waals surface area contributed by atoms with Crippen molar-refractivity contribution in [3.63, 3.8) is 0 Å². The molecule has 0 unspecified atom stereocenters. The molecule has 0 bridgehead atoms. The molecule has 7 nitrogen and oxygen atoms in total. The maximum Gasteiger partial charge on any atom is 0.228 e. The fourth-order valence-electron chi connectivity index (χ4n) is 3.59. The first-order valence-electron chi connectivity index (χ1n) is 9.84. The number of amides is 1. The van der Waals surface area contributed by atoms with Crippen molar-refractivity contribution >= 4 is 33.3 Å². The molecule has 0 atom stereocenters. The van der Waals surface area contributed by atoms with E-state index < -0.39 is 0 Å². The SMILES string of the molecule is CC(C)(C)C(=O)N1CCc2c(sc3nc(-c4ccncc4)nc(NCCN)c23)C1. The van der Waals surface area contributed by atoms with Crippen molar-refractivity contribution in [3.05, 3.63) is 35.0 Å². The lowest BCUT2D eigenvalue weighted by Gasteiger charge is -2.32. The van der Waals surface area contributed by atoms with Crippen molar-refractivity contribution in [2.24, 2.45) is 11.1 Å². The van der Waals surface area contributed by atoms with Crippen LogP contribution in [0.3, 0.4) is 0 Å². The standard InChI is InChI=1S/C21H26N6OS/c1-21(2,3)20(28)27-11-6-14-15(12-27)29-19-16(14)18(24-10-7-22)25-17(26-19)13-4-8-23-9-5-13/h4-5,8-9H,6-7,10-12,22H2,1-3H3,(H,24,25,26). The fraction of sp³-hybridized carbons (Fsp3) is 0.429. The average molecular weight is 411 g/mol. The highest BCUT2D eigenvalue weighted by molar-refractivity contribution is 7.19. The van der Waals surface area contributed by atoms with Crippen LogP contribution >= 0.6 is 11.3 Å². The van der Waals surface area contributed by atoms with Crippen LogP contribution in [0.2, 0.25) is 0 Å². The number of thiophene rings is 1. The lowest BCUT2D eigenvalue weighted by atomic mass is 9.93. The van der Waals surface area contributed by atoms with E-state index in [2.05, 4.69) is 10.3 Å². The molecular weight excluding hydrogens is 384 g/mol. The van der Waals surface area contributed by atoms with Gasteiger partial charge in [0.15, 0.2) is 5.82 Å². The highest BCUT2D eigenvalue weighted by atomic mass is 32.1. The summed E-state index contributed by atoms with van der Waals surface area (Å²) in [4.78, 5) is 30.6. The van der Waals surface area contributed by atoms with Crippen LogP contribution in [0.5, 0.6) is 0 Å². The number of hydrogen-bond donors (Lipinski definition) is 2. The molecule has 1 aliphatic heterocycles. The Balaban J connectivity index is 1.78. The van der Waals surface area contributed by atoms with E-state index in [1.54, 1.807) is 23.7 Å². The Labute approximate surface area is 174 Å². The largest absolute Gasteiger partial charge is 0.368 e. The molecule has 0 fully saturated rings. The van der Waals surface area contributed by atoms with E-state index in [1.807, 2.05) is 37.8 Å². The second-order valence-corrected chi connectivity index (χ2v) is 9.34. The zero-order valence-electron chi connectivity index (χ0n) is 17.0. The van der Waals surface area contributed by atoms with Gasteiger partial charge in [0.2, 0.25) is 5.91 Å². The summed E-state index contributed by atoms with van der Waals surface area (Å²) in [6.07, 6.45) is 4.29. The number of rotatable bonds is 4. The minimum absolute atomic E-state index is 0.186. The summed E-state index contributed by atoms with van der Waals surface area (Å²) in [5.41, 5.74) is 7.52. The molecule has 3 N–H and O–H groups in total. The molecule has 0 saturated carbocycles. The second-order valence-electron chi connectivity index (χ2n) is 8.26. The van der Waals surface area contributed by atoms with E-state index in [-0.39, 0.29) is 11.3 Å². The molecule has 4 rings (SSSR count). The molecule has 1 aliphatic rings. The average Bonchev–Trinajstić information content (AvgIpc) is 3.09. The van der Waals surface area contributed by atoms with E-state index in [0.29, 0.717) is 25.5 Å². The van der Waals surface area contributed by atoms with Gasteiger partial charge < -0.3 is 16.0 Å². The van der Waals surface area contributed by atoms with Crippen LogP contribution in [0.15, 0.2) is 24.5 Å². The predicted molar refractivity (Wildman–Crippen MR) is 117 cm³/mol. The number of pyridine rings is 1. The van der Waals surface area contributed by atoms with Crippen LogP contribution in [-0.4, -0.2) is 45.4 Å². The molecule has 1 amide bonds. The van der Waals surface area contributed by atoms with Crippen LogP contribution in [0.4, 0.5) is 5.82 Å². The summed E-state index contributed by atoms with van der Waals surface area (Å²) >= 11 is 1.66. The lowest BCUT2D eigenvalue weighted by Crippen LogP contribution is -2.42. The highest BCUT2D eigenvalue weighted by Crippen LogP contribution is 2.39. The summed E-state index contributed by atoms with van der Waals surface area (Å²) in [5.74, 6) is 1.67. The van der Waals surface area contributed by atoms with Crippen molar-refractivity contribution in [2.45, 2.75) is 33.7 Å². The molecule has 0 radical (unpaired) electrons. The number of nitrogens with one attached hydrogen (secondary N) is 1. The van der Waals surface area contributed by atoms with Gasteiger partial charge in [-0.3, -0.25) is 9.78 Å². The topological polar surface area (TPSA) is 97.0 Å². The van der Waals surface area contributed by atoms with Crippen LogP contribution in [0.25, 0.3) is 21.6 Å². The van der Waals surface area contributed by atoms with Gasteiger partial charge in [-0.05, 0) is 24.1 Å². The molecule has 4 heterocycles. The Morgan fingerprint density at radius 3 is 2.72 bits per heavy atom. The van der Waals surface area contributed by atoms with Gasteiger partial charge in [-0.15, -0.1) is 11.3 Å². The van der Waals surface area contributed by atoms with E-state index >= 15 is 0 Å². The van der Waals surface area contributed by atoms with Crippen molar-refractivity contribution in [2.75, 3.05) is 25.0 Å². The van der Waals surface area contributed by atoms with Gasteiger partial charge in [0.1, 0.15) is 10.6 Å². The number of carbonyl (C=O) groups excluding carboxylic acids is 1. The van der Waals surface area contributed by atoms with E-state index in [1.165, 1.54) is 10.4 Å².